The van der Waals surface area contributed by atoms with E-state index in [-0.39, 0.29) is 6.54 Å². The van der Waals surface area contributed by atoms with E-state index in [0.717, 1.165) is 12.1 Å². The molecule has 0 saturated carbocycles. The Hall–Kier alpha value is -2.02. The molecule has 0 fully saturated rings. The molecule has 17 heavy (non-hydrogen) atoms. The average Bonchev–Trinajstić information content (AvgIpc) is 2.79. The zero-order valence-corrected chi connectivity index (χ0v) is 8.65. The number of halogens is 2. The monoisotopic (exact) mass is 241 g/mol. The van der Waals surface area contributed by atoms with Gasteiger partial charge in [0.1, 0.15) is 0 Å². The van der Waals surface area contributed by atoms with Crippen LogP contribution < -0.4 is 5.32 Å². The van der Waals surface area contributed by atoms with Crippen LogP contribution in [0.15, 0.2) is 23.0 Å². The second-order valence-electron chi connectivity index (χ2n) is 3.36. The third-order valence-corrected chi connectivity index (χ3v) is 2.10. The molecular formula is C10H9F2N3O2. The second-order valence-corrected chi connectivity index (χ2v) is 3.36. The molecule has 1 heterocycles. The second kappa shape index (κ2) is 4.88. The first-order chi connectivity index (χ1) is 8.16. The summed E-state index contributed by atoms with van der Waals surface area (Å²) < 4.78 is 30.5. The van der Waals surface area contributed by atoms with Gasteiger partial charge in [0.05, 0.1) is 6.54 Å². The summed E-state index contributed by atoms with van der Waals surface area (Å²) in [6.45, 7) is 0.545. The van der Waals surface area contributed by atoms with Crippen molar-refractivity contribution < 1.29 is 18.4 Å². The average molecular weight is 241 g/mol. The van der Waals surface area contributed by atoms with E-state index in [4.69, 9.17) is 5.11 Å². The molecule has 2 rings (SSSR count). The zero-order chi connectivity index (χ0) is 12.3. The molecular weight excluding hydrogens is 232 g/mol. The molecule has 7 heteroatoms. The minimum absolute atomic E-state index is 0.225. The highest BCUT2D eigenvalue weighted by Crippen LogP contribution is 2.21. The first-order valence-electron chi connectivity index (χ1n) is 4.79. The highest BCUT2D eigenvalue weighted by molar-refractivity contribution is 5.29. The minimum atomic E-state index is -0.985. The number of nitrogens with zero attached hydrogens (tertiary/aromatic N) is 2. The summed E-state index contributed by atoms with van der Waals surface area (Å²) in [5.41, 5.74) is 0.376. The molecule has 1 aromatic carbocycles. The number of aromatic hydroxyl groups is 1. The van der Waals surface area contributed by atoms with E-state index in [1.165, 1.54) is 6.39 Å². The number of rotatable bonds is 4. The smallest absolute Gasteiger partial charge is 0.213 e. The molecule has 2 N–H and O–H groups in total. The van der Waals surface area contributed by atoms with Crippen LogP contribution in [0.2, 0.25) is 0 Å². The molecule has 2 aromatic rings. The number of aromatic nitrogens is 2. The van der Waals surface area contributed by atoms with Crippen molar-refractivity contribution in [3.05, 3.63) is 41.5 Å². The molecule has 0 spiro atoms. The number of nitrogens with one attached hydrogen (secondary N) is 1. The van der Waals surface area contributed by atoms with Gasteiger partial charge in [0, 0.05) is 6.54 Å². The van der Waals surface area contributed by atoms with Crippen LogP contribution >= 0.6 is 0 Å². The molecule has 0 amide bonds. The van der Waals surface area contributed by atoms with Gasteiger partial charge >= 0.3 is 0 Å². The lowest BCUT2D eigenvalue weighted by Gasteiger charge is -2.04. The van der Waals surface area contributed by atoms with E-state index >= 15 is 0 Å². The van der Waals surface area contributed by atoms with Crippen molar-refractivity contribution in [3.8, 4) is 5.75 Å². The van der Waals surface area contributed by atoms with Gasteiger partial charge in [0.25, 0.3) is 0 Å². The van der Waals surface area contributed by atoms with Crippen LogP contribution in [-0.4, -0.2) is 15.2 Å². The lowest BCUT2D eigenvalue weighted by Crippen LogP contribution is -2.14. The first kappa shape index (κ1) is 11.5. The van der Waals surface area contributed by atoms with Gasteiger partial charge in [-0.05, 0) is 17.7 Å². The van der Waals surface area contributed by atoms with Crippen molar-refractivity contribution in [2.75, 3.05) is 0 Å². The lowest BCUT2D eigenvalue weighted by molar-refractivity contribution is 0.394. The zero-order valence-electron chi connectivity index (χ0n) is 8.65. The van der Waals surface area contributed by atoms with Crippen molar-refractivity contribution in [1.82, 2.24) is 15.5 Å². The molecule has 0 radical (unpaired) electrons. The fourth-order valence-corrected chi connectivity index (χ4v) is 1.31. The molecule has 0 aliphatic carbocycles. The standard InChI is InChI=1S/C10H9F2N3O2/c11-7-1-6(2-8(12)10(7)16)3-13-4-9-14-5-17-15-9/h1-2,5,13,16H,3-4H2. The van der Waals surface area contributed by atoms with Gasteiger partial charge in [0.15, 0.2) is 23.2 Å². The SMILES string of the molecule is Oc1c(F)cc(CNCc2ncon2)cc1F. The third-order valence-electron chi connectivity index (χ3n) is 2.10. The van der Waals surface area contributed by atoms with E-state index in [9.17, 15) is 8.78 Å². The van der Waals surface area contributed by atoms with E-state index in [0.29, 0.717) is 17.9 Å². The van der Waals surface area contributed by atoms with E-state index in [1.54, 1.807) is 0 Å². The van der Waals surface area contributed by atoms with Gasteiger partial charge in [-0.15, -0.1) is 0 Å². The van der Waals surface area contributed by atoms with Crippen LogP contribution in [0.5, 0.6) is 5.75 Å². The molecule has 0 aliphatic heterocycles. The van der Waals surface area contributed by atoms with Crippen molar-refractivity contribution in [2.24, 2.45) is 0 Å². The van der Waals surface area contributed by atoms with Gasteiger partial charge < -0.3 is 14.9 Å². The summed E-state index contributed by atoms with van der Waals surface area (Å²) in [6.07, 6.45) is 1.19. The minimum Gasteiger partial charge on any atom is -0.503 e. The Morgan fingerprint density at radius 2 is 1.94 bits per heavy atom. The highest BCUT2D eigenvalue weighted by Gasteiger charge is 2.09. The largest absolute Gasteiger partial charge is 0.503 e. The molecule has 0 bridgehead atoms. The van der Waals surface area contributed by atoms with Crippen LogP contribution in [-0.2, 0) is 13.1 Å². The van der Waals surface area contributed by atoms with Crippen molar-refractivity contribution in [1.29, 1.82) is 0 Å². The predicted molar refractivity (Wildman–Crippen MR) is 52.9 cm³/mol. The first-order valence-corrected chi connectivity index (χ1v) is 4.79. The van der Waals surface area contributed by atoms with Crippen LogP contribution in [0, 0.1) is 11.6 Å². The molecule has 0 saturated heterocycles. The Morgan fingerprint density at radius 3 is 2.53 bits per heavy atom. The van der Waals surface area contributed by atoms with Gasteiger partial charge in [-0.25, -0.2) is 8.78 Å². The third kappa shape index (κ3) is 2.76. The molecule has 90 valence electrons. The molecule has 1 aromatic heterocycles. The summed E-state index contributed by atoms with van der Waals surface area (Å²) >= 11 is 0. The maximum absolute atomic E-state index is 13.0. The Bertz CT molecular complexity index is 479. The Kier molecular flexibility index (Phi) is 3.29. The summed E-state index contributed by atoms with van der Waals surface area (Å²) in [5.74, 6) is -2.49. The lowest BCUT2D eigenvalue weighted by atomic mass is 10.2. The van der Waals surface area contributed by atoms with Gasteiger partial charge in [-0.1, -0.05) is 5.16 Å². The van der Waals surface area contributed by atoms with E-state index < -0.39 is 17.4 Å². The highest BCUT2D eigenvalue weighted by atomic mass is 19.1. The molecule has 0 atom stereocenters. The van der Waals surface area contributed by atoms with Gasteiger partial charge in [-0.3, -0.25) is 0 Å². The van der Waals surface area contributed by atoms with Crippen molar-refractivity contribution >= 4 is 0 Å². The summed E-state index contributed by atoms with van der Waals surface area (Å²) in [4.78, 5) is 3.77. The van der Waals surface area contributed by atoms with Crippen LogP contribution in [0.1, 0.15) is 11.4 Å². The molecule has 0 aliphatic rings. The number of phenolic OH excluding ortho intramolecular Hbond substituents is 1. The maximum Gasteiger partial charge on any atom is 0.213 e. The topological polar surface area (TPSA) is 71.2 Å². The van der Waals surface area contributed by atoms with Crippen LogP contribution in [0.4, 0.5) is 8.78 Å². The van der Waals surface area contributed by atoms with E-state index in [2.05, 4.69) is 20.0 Å². The number of phenols is 1. The quantitative estimate of drug-likeness (QED) is 0.845. The van der Waals surface area contributed by atoms with Crippen molar-refractivity contribution in [3.63, 3.8) is 0 Å². The van der Waals surface area contributed by atoms with Gasteiger partial charge in [-0.2, -0.15) is 4.98 Å². The summed E-state index contributed by atoms with van der Waals surface area (Å²) in [6, 6.07) is 2.11. The number of benzene rings is 1. The van der Waals surface area contributed by atoms with Crippen molar-refractivity contribution in [2.45, 2.75) is 13.1 Å². The normalized spacial score (nSPS) is 10.7. The fourth-order valence-electron chi connectivity index (χ4n) is 1.31. The van der Waals surface area contributed by atoms with Crippen LogP contribution in [0.3, 0.4) is 0 Å². The molecule has 5 nitrogen and oxygen atoms in total. The Labute approximate surface area is 95.1 Å². The van der Waals surface area contributed by atoms with E-state index in [1.807, 2.05) is 0 Å². The Morgan fingerprint density at radius 1 is 1.24 bits per heavy atom. The van der Waals surface area contributed by atoms with Crippen LogP contribution in [0.25, 0.3) is 0 Å². The Balaban J connectivity index is 1.95. The predicted octanol–water partition coefficient (Wildman–Crippen LogP) is 1.34. The summed E-state index contributed by atoms with van der Waals surface area (Å²) in [5, 5.41) is 15.3. The van der Waals surface area contributed by atoms with Gasteiger partial charge in [0.2, 0.25) is 6.39 Å². The number of hydrogen-bond acceptors (Lipinski definition) is 5. The molecule has 0 unspecified atom stereocenters. The fraction of sp³-hybridized carbons (Fsp3) is 0.200. The number of hydrogen-bond donors (Lipinski definition) is 2. The maximum atomic E-state index is 13.0. The summed E-state index contributed by atoms with van der Waals surface area (Å²) in [7, 11) is 0.